The molecular weight excluding hydrogens is 353 g/mol. The van der Waals surface area contributed by atoms with E-state index in [0.29, 0.717) is 19.6 Å². The summed E-state index contributed by atoms with van der Waals surface area (Å²) < 4.78 is 22.6. The van der Waals surface area contributed by atoms with Gasteiger partial charge in [0, 0.05) is 19.1 Å². The molecule has 1 atom stereocenters. The minimum absolute atomic E-state index is 0.0271. The first kappa shape index (κ1) is 17.8. The van der Waals surface area contributed by atoms with Crippen molar-refractivity contribution in [3.8, 4) is 5.75 Å². The van der Waals surface area contributed by atoms with E-state index in [2.05, 4.69) is 4.98 Å². The normalized spacial score (nSPS) is 19.8. The Morgan fingerprint density at radius 3 is 2.63 bits per heavy atom. The van der Waals surface area contributed by atoms with Crippen molar-refractivity contribution in [3.63, 3.8) is 0 Å². The topological polar surface area (TPSA) is 119 Å². The number of anilines is 2. The number of nitrogens with zero attached hydrogens (tertiary/aromatic N) is 2. The SMILES string of the molecule is CCOc1c(N2CCC(CN)C2)c(F)c(N)c2c(=O)[nH]c(=O)n(C3CC3)c12. The van der Waals surface area contributed by atoms with Crippen LogP contribution in [0.25, 0.3) is 10.9 Å². The van der Waals surface area contributed by atoms with Crippen molar-refractivity contribution in [2.45, 2.75) is 32.2 Å². The van der Waals surface area contributed by atoms with E-state index >= 15 is 4.39 Å². The van der Waals surface area contributed by atoms with Gasteiger partial charge in [0.1, 0.15) is 11.2 Å². The monoisotopic (exact) mass is 377 g/mol. The van der Waals surface area contributed by atoms with Gasteiger partial charge in [-0.25, -0.2) is 9.18 Å². The Labute approximate surface area is 154 Å². The van der Waals surface area contributed by atoms with Gasteiger partial charge >= 0.3 is 5.69 Å². The van der Waals surface area contributed by atoms with E-state index in [1.165, 1.54) is 4.57 Å². The van der Waals surface area contributed by atoms with E-state index in [-0.39, 0.29) is 46.6 Å². The molecule has 2 heterocycles. The van der Waals surface area contributed by atoms with E-state index < -0.39 is 17.1 Å². The van der Waals surface area contributed by atoms with E-state index in [4.69, 9.17) is 16.2 Å². The van der Waals surface area contributed by atoms with Crippen molar-refractivity contribution in [1.29, 1.82) is 0 Å². The highest BCUT2D eigenvalue weighted by atomic mass is 19.1. The molecule has 1 unspecified atom stereocenters. The first-order valence-corrected chi connectivity index (χ1v) is 9.35. The van der Waals surface area contributed by atoms with Crippen molar-refractivity contribution in [2.24, 2.45) is 11.7 Å². The van der Waals surface area contributed by atoms with Crippen LogP contribution in [0.4, 0.5) is 15.8 Å². The molecule has 2 fully saturated rings. The van der Waals surface area contributed by atoms with Crippen LogP contribution in [0.5, 0.6) is 5.75 Å². The molecule has 0 amide bonds. The summed E-state index contributed by atoms with van der Waals surface area (Å²) in [4.78, 5) is 29.1. The number of ether oxygens (including phenoxy) is 1. The van der Waals surface area contributed by atoms with Gasteiger partial charge in [-0.15, -0.1) is 0 Å². The molecule has 0 bridgehead atoms. The number of nitrogens with two attached hydrogens (primary N) is 2. The second-order valence-electron chi connectivity index (χ2n) is 7.26. The van der Waals surface area contributed by atoms with Crippen molar-refractivity contribution >= 4 is 22.3 Å². The van der Waals surface area contributed by atoms with Crippen LogP contribution in [0, 0.1) is 11.7 Å². The molecule has 1 saturated heterocycles. The van der Waals surface area contributed by atoms with Crippen molar-refractivity contribution < 1.29 is 9.13 Å². The number of aromatic nitrogens is 2. The summed E-state index contributed by atoms with van der Waals surface area (Å²) in [5, 5.41) is -0.0271. The number of nitrogen functional groups attached to an aromatic ring is 1. The minimum atomic E-state index is -0.697. The molecule has 1 aromatic carbocycles. The highest BCUT2D eigenvalue weighted by Crippen LogP contribution is 2.45. The average Bonchev–Trinajstić information content (AvgIpc) is 3.35. The van der Waals surface area contributed by atoms with Crippen LogP contribution in [0.3, 0.4) is 0 Å². The van der Waals surface area contributed by atoms with E-state index in [9.17, 15) is 9.59 Å². The minimum Gasteiger partial charge on any atom is -0.489 e. The molecule has 9 heteroatoms. The van der Waals surface area contributed by atoms with Crippen LogP contribution in [-0.2, 0) is 0 Å². The second-order valence-corrected chi connectivity index (χ2v) is 7.26. The van der Waals surface area contributed by atoms with Gasteiger partial charge in [-0.2, -0.15) is 0 Å². The van der Waals surface area contributed by atoms with Crippen LogP contribution >= 0.6 is 0 Å². The van der Waals surface area contributed by atoms with Crippen LogP contribution in [-0.4, -0.2) is 35.8 Å². The standard InChI is InChI=1S/C18H24FN5O3/c1-2-27-16-14-11(17(25)22-18(26)24(14)10-3-4-10)13(21)12(19)15(16)23-6-5-9(7-20)8-23/h9-10H,2-8,20-21H2,1H3,(H,22,25,26). The highest BCUT2D eigenvalue weighted by molar-refractivity contribution is 5.99. The van der Waals surface area contributed by atoms with E-state index in [1.54, 1.807) is 6.92 Å². The van der Waals surface area contributed by atoms with Crippen molar-refractivity contribution in [2.75, 3.05) is 36.9 Å². The lowest BCUT2D eigenvalue weighted by molar-refractivity contribution is 0.340. The lowest BCUT2D eigenvalue weighted by Crippen LogP contribution is -2.32. The van der Waals surface area contributed by atoms with Gasteiger partial charge < -0.3 is 21.1 Å². The van der Waals surface area contributed by atoms with Crippen LogP contribution < -0.4 is 32.4 Å². The molecule has 0 radical (unpaired) electrons. The predicted molar refractivity (Wildman–Crippen MR) is 102 cm³/mol. The number of H-pyrrole nitrogens is 1. The fraction of sp³-hybridized carbons (Fsp3) is 0.556. The predicted octanol–water partition coefficient (Wildman–Crippen LogP) is 0.930. The molecular formula is C18H24FN5O3. The summed E-state index contributed by atoms with van der Waals surface area (Å²) in [6.45, 7) is 3.75. The average molecular weight is 377 g/mol. The lowest BCUT2D eigenvalue weighted by atomic mass is 10.1. The number of aromatic amines is 1. The Balaban J connectivity index is 2.08. The van der Waals surface area contributed by atoms with E-state index in [0.717, 1.165) is 19.3 Å². The van der Waals surface area contributed by atoms with Gasteiger partial charge in [0.25, 0.3) is 5.56 Å². The van der Waals surface area contributed by atoms with Gasteiger partial charge in [-0.05, 0) is 38.6 Å². The Morgan fingerprint density at radius 1 is 1.30 bits per heavy atom. The van der Waals surface area contributed by atoms with E-state index in [1.807, 2.05) is 4.90 Å². The summed E-state index contributed by atoms with van der Waals surface area (Å²) in [6.07, 6.45) is 2.47. The fourth-order valence-electron chi connectivity index (χ4n) is 3.94. The largest absolute Gasteiger partial charge is 0.489 e. The molecule has 27 heavy (non-hydrogen) atoms. The third-order valence-electron chi connectivity index (χ3n) is 5.42. The summed E-state index contributed by atoms with van der Waals surface area (Å²) in [6, 6.07) is -0.0378. The van der Waals surface area contributed by atoms with Gasteiger partial charge in [-0.3, -0.25) is 14.3 Å². The number of rotatable bonds is 5. The summed E-state index contributed by atoms with van der Waals surface area (Å²) in [5.74, 6) is -0.220. The smallest absolute Gasteiger partial charge is 0.329 e. The molecule has 146 valence electrons. The maximum Gasteiger partial charge on any atom is 0.329 e. The van der Waals surface area contributed by atoms with Crippen LogP contribution in [0.15, 0.2) is 9.59 Å². The number of fused-ring (bicyclic) bond motifs is 1. The van der Waals surface area contributed by atoms with Gasteiger partial charge in [0.2, 0.25) is 0 Å². The van der Waals surface area contributed by atoms with Crippen molar-refractivity contribution in [1.82, 2.24) is 9.55 Å². The second kappa shape index (κ2) is 6.56. The quantitative estimate of drug-likeness (QED) is 0.667. The molecule has 1 aliphatic heterocycles. The Hall–Kier alpha value is -2.55. The lowest BCUT2D eigenvalue weighted by Gasteiger charge is -2.25. The zero-order valence-electron chi connectivity index (χ0n) is 15.3. The Morgan fingerprint density at radius 2 is 2.04 bits per heavy atom. The zero-order valence-corrected chi connectivity index (χ0v) is 15.3. The molecule has 1 saturated carbocycles. The molecule has 5 N–H and O–H groups in total. The summed E-state index contributed by atoms with van der Waals surface area (Å²) >= 11 is 0. The molecule has 0 spiro atoms. The molecule has 1 aliphatic carbocycles. The fourth-order valence-corrected chi connectivity index (χ4v) is 3.94. The zero-order chi connectivity index (χ0) is 19.3. The molecule has 4 rings (SSSR count). The molecule has 2 aromatic rings. The van der Waals surface area contributed by atoms with Crippen molar-refractivity contribution in [3.05, 3.63) is 26.7 Å². The molecule has 8 nitrogen and oxygen atoms in total. The van der Waals surface area contributed by atoms with Crippen LogP contribution in [0.1, 0.15) is 32.2 Å². The maximum atomic E-state index is 15.3. The molecule has 2 aliphatic rings. The first-order valence-electron chi connectivity index (χ1n) is 9.35. The number of nitrogens with one attached hydrogen (secondary N) is 1. The third-order valence-corrected chi connectivity index (χ3v) is 5.42. The van der Waals surface area contributed by atoms with Gasteiger partial charge in [0.15, 0.2) is 11.6 Å². The number of halogens is 1. The summed E-state index contributed by atoms with van der Waals surface area (Å²) in [7, 11) is 0. The van der Waals surface area contributed by atoms with Crippen LogP contribution in [0.2, 0.25) is 0 Å². The number of benzene rings is 1. The Bertz CT molecular complexity index is 1010. The number of hydrogen-bond acceptors (Lipinski definition) is 6. The number of hydrogen-bond donors (Lipinski definition) is 3. The Kier molecular flexibility index (Phi) is 4.33. The first-order chi connectivity index (χ1) is 13.0. The highest BCUT2D eigenvalue weighted by Gasteiger charge is 2.34. The summed E-state index contributed by atoms with van der Waals surface area (Å²) in [5.41, 5.74) is 10.9. The molecule has 1 aromatic heterocycles. The third kappa shape index (κ3) is 2.77. The maximum absolute atomic E-state index is 15.3. The van der Waals surface area contributed by atoms with Gasteiger partial charge in [-0.1, -0.05) is 0 Å². The van der Waals surface area contributed by atoms with Gasteiger partial charge in [0.05, 0.1) is 17.7 Å².